The highest BCUT2D eigenvalue weighted by Gasteiger charge is 2.19. The quantitative estimate of drug-likeness (QED) is 0.597. The average molecular weight is 401 g/mol. The third kappa shape index (κ3) is 4.14. The van der Waals surface area contributed by atoms with Crippen LogP contribution in [0.25, 0.3) is 10.6 Å². The zero-order valence-corrected chi connectivity index (χ0v) is 16.6. The van der Waals surface area contributed by atoms with Crippen LogP contribution in [0.2, 0.25) is 0 Å². The van der Waals surface area contributed by atoms with E-state index in [1.165, 1.54) is 24.2 Å². The van der Waals surface area contributed by atoms with Crippen LogP contribution in [0.15, 0.2) is 40.4 Å². The Morgan fingerprint density at radius 1 is 1.19 bits per heavy atom. The molecule has 0 saturated heterocycles. The summed E-state index contributed by atoms with van der Waals surface area (Å²) in [5.74, 6) is 1.11. The predicted molar refractivity (Wildman–Crippen MR) is 109 cm³/mol. The second-order valence-electron chi connectivity index (χ2n) is 6.39. The molecule has 7 heteroatoms. The first-order valence-corrected chi connectivity index (χ1v) is 10.7. The minimum absolute atomic E-state index is 0.219. The van der Waals surface area contributed by atoms with Gasteiger partial charge in [0.15, 0.2) is 11.5 Å². The molecular weight excluding hydrogens is 380 g/mol. The van der Waals surface area contributed by atoms with Gasteiger partial charge in [-0.1, -0.05) is 0 Å². The minimum atomic E-state index is -0.232. The van der Waals surface area contributed by atoms with Gasteiger partial charge in [-0.25, -0.2) is 4.98 Å². The van der Waals surface area contributed by atoms with Crippen molar-refractivity contribution in [1.29, 1.82) is 0 Å². The molecule has 3 aromatic rings. The Bertz CT molecular complexity index is 915. The fourth-order valence-corrected chi connectivity index (χ4v) is 4.64. The number of anilines is 1. The average Bonchev–Trinajstić information content (AvgIpc) is 3.43. The van der Waals surface area contributed by atoms with E-state index in [1.807, 2.05) is 35.0 Å². The standard InChI is InChI=1S/C20H20N2O3S2/c1-24-17-7-6-14(10-18(17)25-15-4-2-3-5-15)21-19(23)16-12-27-20(22-16)13-8-9-26-11-13/h6-12,15H,2-5H2,1H3,(H,21,23). The van der Waals surface area contributed by atoms with E-state index in [-0.39, 0.29) is 12.0 Å². The lowest BCUT2D eigenvalue weighted by Crippen LogP contribution is -2.14. The van der Waals surface area contributed by atoms with Crippen molar-refractivity contribution in [1.82, 2.24) is 4.98 Å². The highest BCUT2D eigenvalue weighted by Crippen LogP contribution is 2.34. The Labute approximate surface area is 166 Å². The molecule has 0 atom stereocenters. The zero-order valence-electron chi connectivity index (χ0n) is 14.9. The monoisotopic (exact) mass is 400 g/mol. The highest BCUT2D eigenvalue weighted by atomic mass is 32.1. The molecule has 2 heterocycles. The Kier molecular flexibility index (Phi) is 5.40. The van der Waals surface area contributed by atoms with E-state index in [2.05, 4.69) is 10.3 Å². The fraction of sp³-hybridized carbons (Fsp3) is 0.300. The summed E-state index contributed by atoms with van der Waals surface area (Å²) >= 11 is 3.08. The number of hydrogen-bond acceptors (Lipinski definition) is 6. The van der Waals surface area contributed by atoms with E-state index in [1.54, 1.807) is 23.8 Å². The number of carbonyl (C=O) groups excluding carboxylic acids is 1. The summed E-state index contributed by atoms with van der Waals surface area (Å²) < 4.78 is 11.5. The number of amides is 1. The molecule has 1 N–H and O–H groups in total. The molecule has 4 rings (SSSR count). The third-order valence-corrected chi connectivity index (χ3v) is 6.10. The van der Waals surface area contributed by atoms with E-state index >= 15 is 0 Å². The lowest BCUT2D eigenvalue weighted by molar-refractivity contribution is 0.102. The summed E-state index contributed by atoms with van der Waals surface area (Å²) in [6.07, 6.45) is 4.73. The first-order valence-electron chi connectivity index (χ1n) is 8.87. The minimum Gasteiger partial charge on any atom is -0.493 e. The summed E-state index contributed by atoms with van der Waals surface area (Å²) in [6, 6.07) is 7.45. The SMILES string of the molecule is COc1ccc(NC(=O)c2csc(-c3ccsc3)n2)cc1OC1CCCC1. The van der Waals surface area contributed by atoms with Crippen molar-refractivity contribution in [2.75, 3.05) is 12.4 Å². The lowest BCUT2D eigenvalue weighted by Gasteiger charge is -2.17. The van der Waals surface area contributed by atoms with Gasteiger partial charge in [-0.3, -0.25) is 4.79 Å². The van der Waals surface area contributed by atoms with Gasteiger partial charge in [0.25, 0.3) is 5.91 Å². The van der Waals surface area contributed by atoms with Crippen LogP contribution in [0.3, 0.4) is 0 Å². The third-order valence-electron chi connectivity index (χ3n) is 4.52. The van der Waals surface area contributed by atoms with E-state index < -0.39 is 0 Å². The highest BCUT2D eigenvalue weighted by molar-refractivity contribution is 7.14. The van der Waals surface area contributed by atoms with Crippen molar-refractivity contribution >= 4 is 34.3 Å². The van der Waals surface area contributed by atoms with Gasteiger partial charge in [0, 0.05) is 28.1 Å². The summed E-state index contributed by atoms with van der Waals surface area (Å²) in [6.45, 7) is 0. The van der Waals surface area contributed by atoms with Gasteiger partial charge in [0.05, 0.1) is 13.2 Å². The molecule has 0 radical (unpaired) electrons. The molecule has 27 heavy (non-hydrogen) atoms. The zero-order chi connectivity index (χ0) is 18.6. The molecule has 0 spiro atoms. The second-order valence-corrected chi connectivity index (χ2v) is 8.03. The molecule has 1 aliphatic rings. The van der Waals surface area contributed by atoms with Crippen LogP contribution in [0.4, 0.5) is 5.69 Å². The van der Waals surface area contributed by atoms with Gasteiger partial charge >= 0.3 is 0 Å². The first kappa shape index (κ1) is 18.0. The van der Waals surface area contributed by atoms with E-state index in [4.69, 9.17) is 9.47 Å². The molecule has 0 aliphatic heterocycles. The van der Waals surface area contributed by atoms with E-state index in [9.17, 15) is 4.79 Å². The Morgan fingerprint density at radius 3 is 2.78 bits per heavy atom. The number of carbonyl (C=O) groups is 1. The van der Waals surface area contributed by atoms with E-state index in [0.29, 0.717) is 22.9 Å². The van der Waals surface area contributed by atoms with Crippen LogP contribution in [0, 0.1) is 0 Å². The molecule has 1 amide bonds. The number of rotatable bonds is 6. The summed E-state index contributed by atoms with van der Waals surface area (Å²) in [4.78, 5) is 17.0. The van der Waals surface area contributed by atoms with Crippen molar-refractivity contribution in [3.63, 3.8) is 0 Å². The Balaban J connectivity index is 1.49. The molecule has 0 bridgehead atoms. The number of nitrogens with one attached hydrogen (secondary N) is 1. The maximum atomic E-state index is 12.6. The lowest BCUT2D eigenvalue weighted by atomic mass is 10.2. The Hall–Kier alpha value is -2.38. The normalized spacial score (nSPS) is 14.3. The van der Waals surface area contributed by atoms with Crippen LogP contribution in [0.5, 0.6) is 11.5 Å². The van der Waals surface area contributed by atoms with Crippen molar-refractivity contribution < 1.29 is 14.3 Å². The van der Waals surface area contributed by atoms with Crippen LogP contribution < -0.4 is 14.8 Å². The van der Waals surface area contributed by atoms with Gasteiger partial charge in [0.2, 0.25) is 0 Å². The van der Waals surface area contributed by atoms with Gasteiger partial charge in [-0.15, -0.1) is 11.3 Å². The number of thiazole rings is 1. The maximum Gasteiger partial charge on any atom is 0.275 e. The van der Waals surface area contributed by atoms with Gasteiger partial charge in [-0.05, 0) is 49.3 Å². The summed E-state index contributed by atoms with van der Waals surface area (Å²) in [5.41, 5.74) is 2.12. The number of aromatic nitrogens is 1. The fourth-order valence-electron chi connectivity index (χ4n) is 3.12. The molecule has 1 saturated carbocycles. The summed E-state index contributed by atoms with van der Waals surface area (Å²) in [5, 5.41) is 9.56. The van der Waals surface area contributed by atoms with E-state index in [0.717, 1.165) is 23.4 Å². The number of thiophene rings is 1. The van der Waals surface area contributed by atoms with Gasteiger partial charge in [-0.2, -0.15) is 11.3 Å². The van der Waals surface area contributed by atoms with Crippen LogP contribution in [-0.4, -0.2) is 24.1 Å². The van der Waals surface area contributed by atoms with Crippen LogP contribution in [-0.2, 0) is 0 Å². The van der Waals surface area contributed by atoms with Crippen LogP contribution in [0.1, 0.15) is 36.2 Å². The molecule has 5 nitrogen and oxygen atoms in total. The number of hydrogen-bond donors (Lipinski definition) is 1. The molecule has 0 unspecified atom stereocenters. The number of benzene rings is 1. The predicted octanol–water partition coefficient (Wildman–Crippen LogP) is 5.45. The first-order chi connectivity index (χ1) is 13.2. The molecule has 1 aliphatic carbocycles. The number of nitrogens with zero attached hydrogens (tertiary/aromatic N) is 1. The Morgan fingerprint density at radius 2 is 2.04 bits per heavy atom. The smallest absolute Gasteiger partial charge is 0.275 e. The molecule has 2 aromatic heterocycles. The van der Waals surface area contributed by atoms with Crippen molar-refractivity contribution in [2.45, 2.75) is 31.8 Å². The van der Waals surface area contributed by atoms with Crippen LogP contribution >= 0.6 is 22.7 Å². The van der Waals surface area contributed by atoms with Gasteiger partial charge in [0.1, 0.15) is 10.7 Å². The molecule has 140 valence electrons. The summed E-state index contributed by atoms with van der Waals surface area (Å²) in [7, 11) is 1.62. The topological polar surface area (TPSA) is 60.5 Å². The van der Waals surface area contributed by atoms with Gasteiger partial charge < -0.3 is 14.8 Å². The molecular formula is C20H20N2O3S2. The number of methoxy groups -OCH3 is 1. The second kappa shape index (κ2) is 8.10. The largest absolute Gasteiger partial charge is 0.493 e. The van der Waals surface area contributed by atoms with Crippen molar-refractivity contribution in [3.05, 3.63) is 46.1 Å². The maximum absolute atomic E-state index is 12.6. The molecule has 1 aromatic carbocycles. The van der Waals surface area contributed by atoms with Crippen molar-refractivity contribution in [2.24, 2.45) is 0 Å². The molecule has 1 fully saturated rings. The number of ether oxygens (including phenoxy) is 2. The van der Waals surface area contributed by atoms with Crippen molar-refractivity contribution in [3.8, 4) is 22.1 Å².